The van der Waals surface area contributed by atoms with E-state index in [9.17, 15) is 19.5 Å². The summed E-state index contributed by atoms with van der Waals surface area (Å²) in [5.41, 5.74) is 0. The molecule has 0 rings (SSSR count). The van der Waals surface area contributed by atoms with Gasteiger partial charge in [-0.15, -0.1) is 0 Å². The van der Waals surface area contributed by atoms with Gasteiger partial charge in [-0.25, -0.2) is 0 Å². The van der Waals surface area contributed by atoms with E-state index >= 15 is 0 Å². The Labute approximate surface area is 561 Å². The molecule has 0 amide bonds. The lowest BCUT2D eigenvalue weighted by molar-refractivity contribution is -0.870. The summed E-state index contributed by atoms with van der Waals surface area (Å²) in [7, 11) is 5.93. The van der Waals surface area contributed by atoms with E-state index in [0.717, 1.165) is 103 Å². The van der Waals surface area contributed by atoms with Crippen molar-refractivity contribution in [2.24, 2.45) is 0 Å². The fraction of sp³-hybridized carbons (Fsp3) is 0.720. The van der Waals surface area contributed by atoms with E-state index in [1.807, 2.05) is 21.1 Å². The molecular weight excluding hydrogens is 1130 g/mol. The molecule has 0 aliphatic carbocycles. The zero-order valence-corrected chi connectivity index (χ0v) is 59.7. The van der Waals surface area contributed by atoms with E-state index in [2.05, 4.69) is 135 Å². The molecule has 0 bridgehead atoms. The molecule has 0 aromatic heterocycles. The van der Waals surface area contributed by atoms with Crippen LogP contribution in [-0.2, 0) is 33.3 Å². The number of nitrogens with zero attached hydrogens (tertiary/aromatic N) is 1. The molecule has 0 aliphatic rings. The van der Waals surface area contributed by atoms with Crippen LogP contribution in [0.5, 0.6) is 0 Å². The van der Waals surface area contributed by atoms with Gasteiger partial charge < -0.3 is 33.3 Å². The lowest BCUT2D eigenvalue weighted by Crippen LogP contribution is -2.44. The van der Waals surface area contributed by atoms with E-state index in [-0.39, 0.29) is 38.6 Å². The van der Waals surface area contributed by atoms with Gasteiger partial charge in [0.25, 0.3) is 0 Å². The zero-order valence-electron chi connectivity index (χ0n) is 59.7. The maximum Gasteiger partial charge on any atom is 0.306 e. The predicted octanol–water partition coefficient (Wildman–Crippen LogP) is 22.6. The highest BCUT2D eigenvalue weighted by atomic mass is 16.7. The average molecular weight is 1270 g/mol. The van der Waals surface area contributed by atoms with Crippen molar-refractivity contribution in [1.29, 1.82) is 0 Å². The Bertz CT molecular complexity index is 1910. The van der Waals surface area contributed by atoms with Crippen LogP contribution in [-0.4, -0.2) is 82.3 Å². The number of hydrogen-bond acceptors (Lipinski definition) is 8. The number of quaternary nitrogens is 1. The molecule has 0 saturated heterocycles. The third-order valence-electron chi connectivity index (χ3n) is 16.2. The highest BCUT2D eigenvalue weighted by molar-refractivity contribution is 5.70. The number of carbonyl (C=O) groups excluding carboxylic acids is 3. The minimum Gasteiger partial charge on any atom is -0.545 e. The van der Waals surface area contributed by atoms with Crippen LogP contribution >= 0.6 is 0 Å². The molecule has 0 aromatic carbocycles. The molecule has 91 heavy (non-hydrogen) atoms. The lowest BCUT2D eigenvalue weighted by Gasteiger charge is -2.26. The number of rotatable bonds is 69. The Kier molecular flexibility index (Phi) is 68.1. The molecule has 0 N–H and O–H groups in total. The van der Waals surface area contributed by atoms with Crippen molar-refractivity contribution in [1.82, 2.24) is 0 Å². The Morgan fingerprint density at radius 2 is 0.626 bits per heavy atom. The van der Waals surface area contributed by atoms with Crippen LogP contribution in [0.4, 0.5) is 0 Å². The molecule has 0 spiro atoms. The predicted molar refractivity (Wildman–Crippen MR) is 389 cm³/mol. The normalized spacial score (nSPS) is 13.4. The zero-order chi connectivity index (χ0) is 66.1. The standard InChI is InChI=1S/C82H141NO8/c1-6-8-10-12-14-16-18-20-22-24-26-28-30-32-34-36-38-40-42-44-46-48-50-52-54-56-58-60-62-64-66-68-70-72-79(84)89-76-78(77-90-82(81(86)87)88-75-74-83(3,4)5)91-80(85)73-71-69-67-65-63-61-59-57-55-53-51-49-47-45-43-41-39-37-35-33-31-29-27-25-23-21-19-17-15-13-11-9-7-2/h9,11,15,17-18,20-21,23-24,26-27,29,33,35,39,41,45,47,51,53,78,82H,6-8,10,12-14,16,19,22,25,28,30-32,34,36-38,40,42-44,46,48-50,52,54-77H2,1-5H3/b11-9-,17-15-,20-18-,23-21-,26-24-,29-27-,35-33-,41-39-,47-45-,53-51-. The summed E-state index contributed by atoms with van der Waals surface area (Å²) >= 11 is 0. The van der Waals surface area contributed by atoms with Crippen molar-refractivity contribution in [3.05, 3.63) is 122 Å². The first-order valence-electron chi connectivity index (χ1n) is 37.7. The molecule has 2 unspecified atom stereocenters. The van der Waals surface area contributed by atoms with E-state index < -0.39 is 24.3 Å². The number of unbranched alkanes of at least 4 members (excludes halogenated alkanes) is 34. The highest BCUT2D eigenvalue weighted by Gasteiger charge is 2.22. The maximum absolute atomic E-state index is 13.0. The van der Waals surface area contributed by atoms with Gasteiger partial charge in [-0.05, 0) is 109 Å². The van der Waals surface area contributed by atoms with Crippen molar-refractivity contribution >= 4 is 17.9 Å². The number of likely N-dealkylation sites (N-methyl/N-ethyl adjacent to an activating group) is 1. The Hall–Kier alpha value is -4.31. The third kappa shape index (κ3) is 73.0. The van der Waals surface area contributed by atoms with Crippen molar-refractivity contribution in [2.75, 3.05) is 47.5 Å². The van der Waals surface area contributed by atoms with Gasteiger partial charge >= 0.3 is 11.9 Å². The summed E-state index contributed by atoms with van der Waals surface area (Å²) in [6.45, 7) is 4.64. The second-order valence-corrected chi connectivity index (χ2v) is 26.2. The van der Waals surface area contributed by atoms with Gasteiger partial charge in [-0.3, -0.25) is 9.59 Å². The Morgan fingerprint density at radius 1 is 0.341 bits per heavy atom. The van der Waals surface area contributed by atoms with Gasteiger partial charge in [0.2, 0.25) is 0 Å². The quantitative estimate of drug-likeness (QED) is 0.0195. The summed E-state index contributed by atoms with van der Waals surface area (Å²) in [5, 5.41) is 11.8. The second-order valence-electron chi connectivity index (χ2n) is 26.2. The van der Waals surface area contributed by atoms with E-state index in [1.54, 1.807) is 0 Å². The fourth-order valence-electron chi connectivity index (χ4n) is 10.5. The van der Waals surface area contributed by atoms with Gasteiger partial charge in [0, 0.05) is 12.8 Å². The van der Waals surface area contributed by atoms with Gasteiger partial charge in [-0.2, -0.15) is 0 Å². The van der Waals surface area contributed by atoms with Gasteiger partial charge in [-0.1, -0.05) is 322 Å². The number of carboxylic acids is 1. The van der Waals surface area contributed by atoms with Crippen LogP contribution in [0.3, 0.4) is 0 Å². The first kappa shape index (κ1) is 86.7. The first-order valence-corrected chi connectivity index (χ1v) is 37.7. The summed E-state index contributed by atoms with van der Waals surface area (Å²) in [5.74, 6) is -2.29. The number of carbonyl (C=O) groups is 3. The van der Waals surface area contributed by atoms with Gasteiger partial charge in [0.05, 0.1) is 40.3 Å². The van der Waals surface area contributed by atoms with Crippen molar-refractivity contribution in [3.63, 3.8) is 0 Å². The summed E-state index contributed by atoms with van der Waals surface area (Å²) in [6.07, 6.45) is 98.7. The third-order valence-corrected chi connectivity index (χ3v) is 16.2. The minimum atomic E-state index is -1.63. The molecule has 0 saturated carbocycles. The summed E-state index contributed by atoms with van der Waals surface area (Å²) < 4.78 is 22.8. The molecule has 0 aliphatic heterocycles. The van der Waals surface area contributed by atoms with Crippen LogP contribution in [0, 0.1) is 0 Å². The highest BCUT2D eigenvalue weighted by Crippen LogP contribution is 2.18. The van der Waals surface area contributed by atoms with Crippen LogP contribution in [0.1, 0.15) is 322 Å². The lowest BCUT2D eigenvalue weighted by atomic mass is 10.0. The molecule has 0 radical (unpaired) electrons. The molecule has 0 heterocycles. The SMILES string of the molecule is CC/C=C\C/C=C\C/C=C\C/C=C\C/C=C\C/C=C\C/C=C\C/C=C\CCCCCCCCCCC(=O)OC(COC(=O)CCCCCCCCCCCCCCCCCCCCCCC/C=C\C/C=C\CCCCCCC)COC(OCC[N+](C)(C)C)C(=O)[O-]. The maximum atomic E-state index is 13.0. The molecular formula is C82H141NO8. The molecule has 9 nitrogen and oxygen atoms in total. The smallest absolute Gasteiger partial charge is 0.306 e. The van der Waals surface area contributed by atoms with Gasteiger partial charge in [0.1, 0.15) is 13.2 Å². The number of ether oxygens (including phenoxy) is 4. The minimum absolute atomic E-state index is 0.142. The number of esters is 2. The van der Waals surface area contributed by atoms with Crippen molar-refractivity contribution < 1.29 is 42.9 Å². The average Bonchev–Trinajstić information content (AvgIpc) is 3.46. The molecule has 0 fully saturated rings. The number of aliphatic carboxylic acids is 1. The summed E-state index contributed by atoms with van der Waals surface area (Å²) in [6, 6.07) is 0. The number of hydrogen-bond donors (Lipinski definition) is 0. The van der Waals surface area contributed by atoms with Crippen LogP contribution in [0.15, 0.2) is 122 Å². The van der Waals surface area contributed by atoms with E-state index in [0.29, 0.717) is 17.4 Å². The Morgan fingerprint density at radius 3 is 0.934 bits per heavy atom. The molecule has 522 valence electrons. The summed E-state index contributed by atoms with van der Waals surface area (Å²) in [4.78, 5) is 37.6. The van der Waals surface area contributed by atoms with Crippen molar-refractivity contribution in [2.45, 2.75) is 334 Å². The monoisotopic (exact) mass is 1270 g/mol. The molecule has 2 atom stereocenters. The first-order chi connectivity index (χ1) is 44.6. The number of allylic oxidation sites excluding steroid dienone is 20. The van der Waals surface area contributed by atoms with Crippen LogP contribution in [0.2, 0.25) is 0 Å². The van der Waals surface area contributed by atoms with Crippen LogP contribution < -0.4 is 5.11 Å². The van der Waals surface area contributed by atoms with Gasteiger partial charge in [0.15, 0.2) is 12.4 Å². The molecule has 9 heteroatoms. The van der Waals surface area contributed by atoms with E-state index in [1.165, 1.54) is 186 Å². The second kappa shape index (κ2) is 71.5. The van der Waals surface area contributed by atoms with Crippen molar-refractivity contribution in [3.8, 4) is 0 Å². The topological polar surface area (TPSA) is 111 Å². The fourth-order valence-corrected chi connectivity index (χ4v) is 10.5. The molecule has 0 aromatic rings. The van der Waals surface area contributed by atoms with Crippen LogP contribution in [0.25, 0.3) is 0 Å². The largest absolute Gasteiger partial charge is 0.545 e. The Balaban J connectivity index is 4.11. The number of carboxylic acid groups (broad SMARTS) is 1. The van der Waals surface area contributed by atoms with E-state index in [4.69, 9.17) is 18.9 Å².